The van der Waals surface area contributed by atoms with Gasteiger partial charge in [0.15, 0.2) is 0 Å². The molecule has 0 spiro atoms. The standard InChI is InChI=1S/C20H26N4O3/c1-3-27-18-7-4-16(5-8-18)15-23(2)20(25)22-17-6-9-19(21-14-17)24-10-12-26-13-11-24/h4-9,14H,3,10-13,15H2,1-2H3,(H,22,25). The molecule has 0 unspecified atom stereocenters. The highest BCUT2D eigenvalue weighted by Gasteiger charge is 2.13. The van der Waals surface area contributed by atoms with Crippen molar-refractivity contribution < 1.29 is 14.3 Å². The Morgan fingerprint density at radius 1 is 1.22 bits per heavy atom. The first kappa shape index (κ1) is 19.0. The number of amides is 2. The predicted octanol–water partition coefficient (Wildman–Crippen LogP) is 2.98. The first-order valence-electron chi connectivity index (χ1n) is 9.18. The van der Waals surface area contributed by atoms with Crippen molar-refractivity contribution in [1.29, 1.82) is 0 Å². The number of aromatic nitrogens is 1. The van der Waals surface area contributed by atoms with E-state index in [1.54, 1.807) is 18.1 Å². The molecule has 1 N–H and O–H groups in total. The fourth-order valence-electron chi connectivity index (χ4n) is 2.86. The second kappa shape index (κ2) is 9.23. The van der Waals surface area contributed by atoms with E-state index < -0.39 is 0 Å². The number of pyridine rings is 1. The van der Waals surface area contributed by atoms with Crippen LogP contribution in [0.15, 0.2) is 42.6 Å². The van der Waals surface area contributed by atoms with Crippen LogP contribution in [0.3, 0.4) is 0 Å². The summed E-state index contributed by atoms with van der Waals surface area (Å²) in [4.78, 5) is 20.7. The summed E-state index contributed by atoms with van der Waals surface area (Å²) in [5.74, 6) is 1.74. The van der Waals surface area contributed by atoms with E-state index in [4.69, 9.17) is 9.47 Å². The lowest BCUT2D eigenvalue weighted by molar-refractivity contribution is 0.122. The van der Waals surface area contributed by atoms with Gasteiger partial charge in [-0.2, -0.15) is 0 Å². The van der Waals surface area contributed by atoms with Gasteiger partial charge in [0.25, 0.3) is 0 Å². The molecule has 2 heterocycles. The van der Waals surface area contributed by atoms with Crippen molar-refractivity contribution in [3.8, 4) is 5.75 Å². The van der Waals surface area contributed by atoms with Gasteiger partial charge in [0.05, 0.1) is 31.7 Å². The van der Waals surface area contributed by atoms with Crippen molar-refractivity contribution in [2.24, 2.45) is 0 Å². The van der Waals surface area contributed by atoms with Gasteiger partial charge in [-0.1, -0.05) is 12.1 Å². The minimum atomic E-state index is -0.176. The average Bonchev–Trinajstić information content (AvgIpc) is 2.71. The number of nitrogens with one attached hydrogen (secondary N) is 1. The smallest absolute Gasteiger partial charge is 0.321 e. The van der Waals surface area contributed by atoms with Gasteiger partial charge >= 0.3 is 6.03 Å². The third kappa shape index (κ3) is 5.34. The van der Waals surface area contributed by atoms with Crippen LogP contribution in [0.1, 0.15) is 12.5 Å². The molecule has 1 saturated heterocycles. The highest BCUT2D eigenvalue weighted by Crippen LogP contribution is 2.17. The molecule has 0 aliphatic carbocycles. The number of rotatable bonds is 6. The predicted molar refractivity (Wildman–Crippen MR) is 105 cm³/mol. The molecule has 0 saturated carbocycles. The fourth-order valence-corrected chi connectivity index (χ4v) is 2.86. The third-order valence-electron chi connectivity index (χ3n) is 4.34. The number of hydrogen-bond donors (Lipinski definition) is 1. The highest BCUT2D eigenvalue weighted by molar-refractivity contribution is 5.89. The fraction of sp³-hybridized carbons (Fsp3) is 0.400. The zero-order chi connectivity index (χ0) is 19.1. The second-order valence-electron chi connectivity index (χ2n) is 6.37. The average molecular weight is 370 g/mol. The van der Waals surface area contributed by atoms with Crippen LogP contribution in [0, 0.1) is 0 Å². The van der Waals surface area contributed by atoms with Crippen LogP contribution in [-0.4, -0.2) is 55.9 Å². The maximum absolute atomic E-state index is 12.4. The molecule has 1 aromatic carbocycles. The van der Waals surface area contributed by atoms with Gasteiger partial charge in [-0.25, -0.2) is 9.78 Å². The number of anilines is 2. The van der Waals surface area contributed by atoms with E-state index in [1.807, 2.05) is 43.3 Å². The molecule has 1 aromatic heterocycles. The van der Waals surface area contributed by atoms with Crippen molar-refractivity contribution in [2.75, 3.05) is 50.2 Å². The Morgan fingerprint density at radius 3 is 2.59 bits per heavy atom. The summed E-state index contributed by atoms with van der Waals surface area (Å²) >= 11 is 0. The van der Waals surface area contributed by atoms with Crippen molar-refractivity contribution in [3.63, 3.8) is 0 Å². The van der Waals surface area contributed by atoms with Crippen LogP contribution in [0.2, 0.25) is 0 Å². The summed E-state index contributed by atoms with van der Waals surface area (Å²) < 4.78 is 10.8. The Balaban J connectivity index is 1.52. The number of morpholine rings is 1. The first-order valence-corrected chi connectivity index (χ1v) is 9.18. The van der Waals surface area contributed by atoms with Crippen LogP contribution in [0.5, 0.6) is 5.75 Å². The molecule has 2 amide bonds. The van der Waals surface area contributed by atoms with Crippen molar-refractivity contribution in [1.82, 2.24) is 9.88 Å². The molecule has 7 heteroatoms. The van der Waals surface area contributed by atoms with E-state index in [2.05, 4.69) is 15.2 Å². The van der Waals surface area contributed by atoms with Gasteiger partial charge in [0.2, 0.25) is 0 Å². The Hall–Kier alpha value is -2.80. The minimum Gasteiger partial charge on any atom is -0.494 e. The maximum atomic E-state index is 12.4. The number of urea groups is 1. The van der Waals surface area contributed by atoms with Gasteiger partial charge in [-0.05, 0) is 36.8 Å². The molecule has 3 rings (SSSR count). The summed E-state index contributed by atoms with van der Waals surface area (Å²) in [5.41, 5.74) is 1.72. The van der Waals surface area contributed by atoms with E-state index in [0.717, 1.165) is 43.4 Å². The van der Waals surface area contributed by atoms with E-state index in [-0.39, 0.29) is 6.03 Å². The number of hydrogen-bond acceptors (Lipinski definition) is 5. The van der Waals surface area contributed by atoms with Gasteiger partial charge < -0.3 is 24.6 Å². The second-order valence-corrected chi connectivity index (χ2v) is 6.37. The SMILES string of the molecule is CCOc1ccc(CN(C)C(=O)Nc2ccc(N3CCOCC3)nc2)cc1. The summed E-state index contributed by atoms with van der Waals surface area (Å²) in [7, 11) is 1.77. The van der Waals surface area contributed by atoms with E-state index in [9.17, 15) is 4.79 Å². The molecule has 2 aromatic rings. The lowest BCUT2D eigenvalue weighted by Gasteiger charge is -2.27. The molecule has 0 atom stereocenters. The van der Waals surface area contributed by atoms with Gasteiger partial charge in [-0.15, -0.1) is 0 Å². The van der Waals surface area contributed by atoms with Crippen LogP contribution in [-0.2, 0) is 11.3 Å². The normalized spacial score (nSPS) is 13.9. The number of carbonyl (C=O) groups is 1. The van der Waals surface area contributed by atoms with Crippen molar-refractivity contribution in [2.45, 2.75) is 13.5 Å². The van der Waals surface area contributed by atoms with E-state index in [0.29, 0.717) is 18.8 Å². The Kier molecular flexibility index (Phi) is 6.49. The molecular formula is C20H26N4O3. The molecule has 7 nitrogen and oxygen atoms in total. The highest BCUT2D eigenvalue weighted by atomic mass is 16.5. The molecule has 1 fully saturated rings. The molecule has 1 aliphatic heterocycles. The quantitative estimate of drug-likeness (QED) is 0.847. The van der Waals surface area contributed by atoms with Crippen molar-refractivity contribution in [3.05, 3.63) is 48.2 Å². The lowest BCUT2D eigenvalue weighted by Crippen LogP contribution is -2.36. The summed E-state index contributed by atoms with van der Waals surface area (Å²) in [6.45, 7) is 6.21. The largest absolute Gasteiger partial charge is 0.494 e. The number of ether oxygens (including phenoxy) is 2. The molecule has 0 radical (unpaired) electrons. The zero-order valence-corrected chi connectivity index (χ0v) is 15.9. The van der Waals surface area contributed by atoms with E-state index >= 15 is 0 Å². The van der Waals surface area contributed by atoms with Gasteiger partial charge in [0.1, 0.15) is 11.6 Å². The Bertz CT molecular complexity index is 728. The minimum absolute atomic E-state index is 0.176. The topological polar surface area (TPSA) is 66.9 Å². The monoisotopic (exact) mass is 370 g/mol. The van der Waals surface area contributed by atoms with Crippen molar-refractivity contribution >= 4 is 17.5 Å². The van der Waals surface area contributed by atoms with Crippen LogP contribution in [0.4, 0.5) is 16.3 Å². The van der Waals surface area contributed by atoms with Crippen LogP contribution >= 0.6 is 0 Å². The zero-order valence-electron chi connectivity index (χ0n) is 15.9. The number of nitrogens with zero attached hydrogens (tertiary/aromatic N) is 3. The summed E-state index contributed by atoms with van der Waals surface area (Å²) in [5, 5.41) is 2.88. The number of carbonyl (C=O) groups excluding carboxylic acids is 1. The Morgan fingerprint density at radius 2 is 1.96 bits per heavy atom. The van der Waals surface area contributed by atoms with Gasteiger partial charge in [0, 0.05) is 26.7 Å². The third-order valence-corrected chi connectivity index (χ3v) is 4.34. The maximum Gasteiger partial charge on any atom is 0.321 e. The van der Waals surface area contributed by atoms with E-state index in [1.165, 1.54) is 0 Å². The summed E-state index contributed by atoms with van der Waals surface area (Å²) in [6, 6.07) is 11.4. The summed E-state index contributed by atoms with van der Waals surface area (Å²) in [6.07, 6.45) is 1.69. The molecule has 0 bridgehead atoms. The number of benzene rings is 1. The molecule has 1 aliphatic rings. The Labute approximate surface area is 159 Å². The van der Waals surface area contributed by atoms with Crippen LogP contribution in [0.25, 0.3) is 0 Å². The lowest BCUT2D eigenvalue weighted by atomic mass is 10.2. The first-order chi connectivity index (χ1) is 13.2. The van der Waals surface area contributed by atoms with Gasteiger partial charge in [-0.3, -0.25) is 0 Å². The molecule has 144 valence electrons. The van der Waals surface area contributed by atoms with Crippen LogP contribution < -0.4 is 15.0 Å². The molecule has 27 heavy (non-hydrogen) atoms. The molecular weight excluding hydrogens is 344 g/mol.